The number of alkyl halides is 3. The molecule has 0 atom stereocenters. The summed E-state index contributed by atoms with van der Waals surface area (Å²) in [6.07, 6.45) is 2.37. The Bertz CT molecular complexity index is 1310. The van der Waals surface area contributed by atoms with E-state index >= 15 is 0 Å². The van der Waals surface area contributed by atoms with Gasteiger partial charge in [-0.15, -0.1) is 0 Å². The first kappa shape index (κ1) is 23.3. The molecule has 8 nitrogen and oxygen atoms in total. The van der Waals surface area contributed by atoms with Crippen LogP contribution in [-0.4, -0.2) is 44.3 Å². The van der Waals surface area contributed by atoms with Gasteiger partial charge in [0, 0.05) is 56.2 Å². The Labute approximate surface area is 200 Å². The summed E-state index contributed by atoms with van der Waals surface area (Å²) in [5.74, 6) is -0.466. The van der Waals surface area contributed by atoms with Gasteiger partial charge in [0.25, 0.3) is 0 Å². The van der Waals surface area contributed by atoms with Crippen LogP contribution in [0.1, 0.15) is 29.9 Å². The van der Waals surface area contributed by atoms with Gasteiger partial charge in [-0.2, -0.15) is 18.2 Å². The van der Waals surface area contributed by atoms with Crippen molar-refractivity contribution in [2.45, 2.75) is 32.5 Å². The van der Waals surface area contributed by atoms with Crippen LogP contribution in [0.3, 0.4) is 0 Å². The van der Waals surface area contributed by atoms with Crippen molar-refractivity contribution in [1.82, 2.24) is 30.0 Å². The van der Waals surface area contributed by atoms with Crippen LogP contribution in [0, 0.1) is 12.8 Å². The lowest BCUT2D eigenvalue weighted by Crippen LogP contribution is -2.38. The molecule has 1 aliphatic rings. The second-order valence-electron chi connectivity index (χ2n) is 9.04. The Morgan fingerprint density at radius 3 is 2.57 bits per heavy atom. The van der Waals surface area contributed by atoms with Crippen molar-refractivity contribution in [2.24, 2.45) is 13.0 Å². The first-order chi connectivity index (χ1) is 16.8. The minimum absolute atomic E-state index is 0.185. The fourth-order valence-electron chi connectivity index (χ4n) is 4.52. The van der Waals surface area contributed by atoms with Crippen LogP contribution in [0.2, 0.25) is 0 Å². The van der Waals surface area contributed by atoms with Crippen molar-refractivity contribution in [1.29, 1.82) is 0 Å². The van der Waals surface area contributed by atoms with E-state index < -0.39 is 12.1 Å². The van der Waals surface area contributed by atoms with Crippen LogP contribution in [0.15, 0.2) is 41.3 Å². The second kappa shape index (κ2) is 9.29. The molecule has 0 unspecified atom stereocenters. The number of piperidine rings is 1. The summed E-state index contributed by atoms with van der Waals surface area (Å²) in [5, 5.41) is 8.28. The summed E-state index contributed by atoms with van der Waals surface area (Å²) in [5.41, 5.74) is 4.09. The smallest absolute Gasteiger partial charge is 0.350 e. The number of fused-ring (bicyclic) bond motifs is 1. The maximum Gasteiger partial charge on any atom is 0.471 e. The fourth-order valence-corrected chi connectivity index (χ4v) is 4.52. The summed E-state index contributed by atoms with van der Waals surface area (Å²) in [6, 6.07) is 6.56. The first-order valence-electron chi connectivity index (χ1n) is 11.5. The SMILES string of the molecule is Cc1ccc2c(CNCC3CCN(c4ncc(-c5noc(C(F)(F)F)n5)cn4)CC3)cn(C)c2c1. The van der Waals surface area contributed by atoms with Gasteiger partial charge in [0.1, 0.15) is 0 Å². The number of benzene rings is 1. The van der Waals surface area contributed by atoms with Crippen molar-refractivity contribution in [3.05, 3.63) is 53.8 Å². The van der Waals surface area contributed by atoms with Gasteiger partial charge in [0.05, 0.1) is 5.56 Å². The van der Waals surface area contributed by atoms with E-state index in [0.717, 1.165) is 39.0 Å². The molecule has 0 radical (unpaired) electrons. The maximum atomic E-state index is 12.7. The molecule has 5 rings (SSSR count). The Morgan fingerprint density at radius 2 is 1.89 bits per heavy atom. The van der Waals surface area contributed by atoms with Crippen LogP contribution in [0.25, 0.3) is 22.3 Å². The molecule has 0 amide bonds. The van der Waals surface area contributed by atoms with Gasteiger partial charge in [-0.05, 0) is 49.4 Å². The van der Waals surface area contributed by atoms with Gasteiger partial charge in [0.2, 0.25) is 11.8 Å². The van der Waals surface area contributed by atoms with Gasteiger partial charge < -0.3 is 19.3 Å². The van der Waals surface area contributed by atoms with Gasteiger partial charge in [-0.1, -0.05) is 17.3 Å². The molecule has 1 fully saturated rings. The van der Waals surface area contributed by atoms with Crippen molar-refractivity contribution in [3.8, 4) is 11.4 Å². The number of aryl methyl sites for hydroxylation is 2. The molecular weight excluding hydrogens is 459 g/mol. The van der Waals surface area contributed by atoms with Crippen molar-refractivity contribution in [2.75, 3.05) is 24.5 Å². The standard InChI is InChI=1S/C24H26F3N7O/c1-15-3-4-19-18(14-33(2)20(19)9-15)11-28-10-16-5-7-34(8-6-16)23-29-12-17(13-30-23)21-31-22(35-32-21)24(25,26)27/h3-4,9,12-14,16,28H,5-8,10-11H2,1-2H3. The minimum Gasteiger partial charge on any atom is -0.350 e. The van der Waals surface area contributed by atoms with E-state index in [9.17, 15) is 13.2 Å². The molecule has 35 heavy (non-hydrogen) atoms. The molecule has 184 valence electrons. The highest BCUT2D eigenvalue weighted by molar-refractivity contribution is 5.84. The molecule has 0 aliphatic carbocycles. The number of anilines is 1. The second-order valence-corrected chi connectivity index (χ2v) is 9.04. The van der Waals surface area contributed by atoms with Crippen LogP contribution in [0.5, 0.6) is 0 Å². The highest BCUT2D eigenvalue weighted by Crippen LogP contribution is 2.29. The Balaban J connectivity index is 1.12. The average Bonchev–Trinajstić information content (AvgIpc) is 3.45. The maximum absolute atomic E-state index is 12.7. The molecule has 4 heterocycles. The fraction of sp³-hybridized carbons (Fsp3) is 0.417. The Morgan fingerprint density at radius 1 is 1.14 bits per heavy atom. The molecule has 1 aliphatic heterocycles. The predicted octanol–water partition coefficient (Wildman–Crippen LogP) is 4.35. The molecule has 1 aromatic carbocycles. The predicted molar refractivity (Wildman–Crippen MR) is 125 cm³/mol. The molecular formula is C24H26F3N7O. The zero-order valence-electron chi connectivity index (χ0n) is 19.5. The highest BCUT2D eigenvalue weighted by atomic mass is 19.4. The van der Waals surface area contributed by atoms with Gasteiger partial charge in [0.15, 0.2) is 0 Å². The lowest BCUT2D eigenvalue weighted by molar-refractivity contribution is -0.159. The highest BCUT2D eigenvalue weighted by Gasteiger charge is 2.38. The van der Waals surface area contributed by atoms with E-state index in [2.05, 4.69) is 77.8 Å². The molecule has 1 saturated heterocycles. The van der Waals surface area contributed by atoms with Crippen molar-refractivity contribution in [3.63, 3.8) is 0 Å². The summed E-state index contributed by atoms with van der Waals surface area (Å²) >= 11 is 0. The number of halogens is 3. The van der Waals surface area contributed by atoms with Crippen molar-refractivity contribution < 1.29 is 17.7 Å². The third kappa shape index (κ3) is 5.00. The van der Waals surface area contributed by atoms with E-state index in [0.29, 0.717) is 11.9 Å². The van der Waals surface area contributed by atoms with Gasteiger partial charge >= 0.3 is 12.1 Å². The Kier molecular flexibility index (Phi) is 6.18. The molecule has 0 bridgehead atoms. The van der Waals surface area contributed by atoms with Crippen LogP contribution in [0.4, 0.5) is 19.1 Å². The van der Waals surface area contributed by atoms with Crippen molar-refractivity contribution >= 4 is 16.9 Å². The summed E-state index contributed by atoms with van der Waals surface area (Å²) in [4.78, 5) is 14.1. The number of hydrogen-bond donors (Lipinski definition) is 1. The molecule has 0 spiro atoms. The summed E-state index contributed by atoms with van der Waals surface area (Å²) < 4.78 is 44.4. The van der Waals surface area contributed by atoms with E-state index in [4.69, 9.17) is 0 Å². The monoisotopic (exact) mass is 485 g/mol. The normalized spacial score (nSPS) is 15.3. The lowest BCUT2D eigenvalue weighted by atomic mass is 9.97. The number of aromatic nitrogens is 5. The Hall–Kier alpha value is -3.47. The van der Waals surface area contributed by atoms with E-state index in [-0.39, 0.29) is 11.4 Å². The molecule has 4 aromatic rings. The van der Waals surface area contributed by atoms with Crippen LogP contribution >= 0.6 is 0 Å². The molecule has 0 saturated carbocycles. The summed E-state index contributed by atoms with van der Waals surface area (Å²) in [7, 11) is 2.08. The first-order valence-corrected chi connectivity index (χ1v) is 11.5. The van der Waals surface area contributed by atoms with Gasteiger partial charge in [-0.25, -0.2) is 9.97 Å². The summed E-state index contributed by atoms with van der Waals surface area (Å²) in [6.45, 7) is 5.52. The third-order valence-corrected chi connectivity index (χ3v) is 6.44. The largest absolute Gasteiger partial charge is 0.471 e. The number of hydrogen-bond acceptors (Lipinski definition) is 7. The topological polar surface area (TPSA) is 84.9 Å². The number of rotatable bonds is 6. The van der Waals surface area contributed by atoms with E-state index in [1.165, 1.54) is 34.4 Å². The van der Waals surface area contributed by atoms with Gasteiger partial charge in [-0.3, -0.25) is 0 Å². The zero-order chi connectivity index (χ0) is 24.6. The zero-order valence-corrected chi connectivity index (χ0v) is 19.5. The molecule has 11 heteroatoms. The number of nitrogens with one attached hydrogen (secondary N) is 1. The quantitative estimate of drug-likeness (QED) is 0.435. The molecule has 3 aromatic heterocycles. The van der Waals surface area contributed by atoms with Crippen LogP contribution < -0.4 is 10.2 Å². The van der Waals surface area contributed by atoms with E-state index in [1.54, 1.807) is 0 Å². The van der Waals surface area contributed by atoms with Crippen LogP contribution in [-0.2, 0) is 19.8 Å². The molecule has 1 N–H and O–H groups in total. The third-order valence-electron chi connectivity index (χ3n) is 6.44. The van der Waals surface area contributed by atoms with E-state index in [1.807, 2.05) is 0 Å². The lowest BCUT2D eigenvalue weighted by Gasteiger charge is -2.32. The minimum atomic E-state index is -4.68. The average molecular weight is 486 g/mol. The number of nitrogens with zero attached hydrogens (tertiary/aromatic N) is 6.